The second-order valence-corrected chi connectivity index (χ2v) is 6.55. The number of fused-ring (bicyclic) bond motifs is 3. The van der Waals surface area contributed by atoms with Crippen molar-refractivity contribution in [2.45, 2.75) is 24.9 Å². The monoisotopic (exact) mass is 297 g/mol. The molecule has 1 aromatic rings. The highest BCUT2D eigenvalue weighted by Crippen LogP contribution is 2.65. The van der Waals surface area contributed by atoms with Gasteiger partial charge in [-0.15, -0.1) is 6.58 Å². The van der Waals surface area contributed by atoms with Gasteiger partial charge in [-0.05, 0) is 30.9 Å². The Morgan fingerprint density at radius 2 is 2.27 bits per heavy atom. The Kier molecular flexibility index (Phi) is 2.90. The summed E-state index contributed by atoms with van der Waals surface area (Å²) in [5.74, 6) is 1.42. The maximum atomic E-state index is 12.5. The van der Waals surface area contributed by atoms with Crippen molar-refractivity contribution in [2.75, 3.05) is 6.54 Å². The summed E-state index contributed by atoms with van der Waals surface area (Å²) in [4.78, 5) is 24.7. The van der Waals surface area contributed by atoms with Crippen LogP contribution in [0.5, 0.6) is 5.75 Å². The van der Waals surface area contributed by atoms with Crippen molar-refractivity contribution in [1.82, 2.24) is 5.32 Å². The Hall–Kier alpha value is -2.10. The summed E-state index contributed by atoms with van der Waals surface area (Å²) in [6.07, 6.45) is 3.92. The topological polar surface area (TPSA) is 55.4 Å². The molecule has 1 N–H and O–H groups in total. The number of ether oxygens (including phenoxy) is 1. The van der Waals surface area contributed by atoms with E-state index < -0.39 is 5.60 Å². The molecule has 4 nitrogen and oxygen atoms in total. The molecule has 1 spiro atoms. The van der Waals surface area contributed by atoms with E-state index in [1.54, 1.807) is 6.08 Å². The minimum atomic E-state index is -0.466. The average Bonchev–Trinajstić information content (AvgIpc) is 3.17. The molecule has 1 amide bonds. The second kappa shape index (κ2) is 4.70. The molecule has 2 aliphatic carbocycles. The summed E-state index contributed by atoms with van der Waals surface area (Å²) >= 11 is 0. The zero-order valence-electron chi connectivity index (χ0n) is 12.4. The van der Waals surface area contributed by atoms with Crippen LogP contribution in [0.25, 0.3) is 0 Å². The molecule has 2 fully saturated rings. The van der Waals surface area contributed by atoms with Crippen LogP contribution in [0, 0.1) is 17.8 Å². The number of nitrogens with one attached hydrogen (secondary N) is 1. The first-order valence-electron chi connectivity index (χ1n) is 7.86. The van der Waals surface area contributed by atoms with Crippen molar-refractivity contribution >= 4 is 11.7 Å². The van der Waals surface area contributed by atoms with Gasteiger partial charge in [0.25, 0.3) is 0 Å². The molecule has 114 valence electrons. The van der Waals surface area contributed by atoms with E-state index in [9.17, 15) is 9.59 Å². The Morgan fingerprint density at radius 3 is 3.09 bits per heavy atom. The van der Waals surface area contributed by atoms with Gasteiger partial charge in [0.05, 0.1) is 12.0 Å². The van der Waals surface area contributed by atoms with Gasteiger partial charge in [-0.25, -0.2) is 0 Å². The van der Waals surface area contributed by atoms with Gasteiger partial charge in [0, 0.05) is 18.4 Å². The molecule has 2 saturated carbocycles. The molecule has 0 saturated heterocycles. The van der Waals surface area contributed by atoms with Crippen LogP contribution in [-0.2, 0) is 4.79 Å². The first-order chi connectivity index (χ1) is 10.7. The van der Waals surface area contributed by atoms with Gasteiger partial charge in [0.15, 0.2) is 5.78 Å². The number of hydrogen-bond acceptors (Lipinski definition) is 3. The van der Waals surface area contributed by atoms with Gasteiger partial charge in [-0.1, -0.05) is 18.2 Å². The lowest BCUT2D eigenvalue weighted by atomic mass is 9.84. The zero-order chi connectivity index (χ0) is 15.3. The van der Waals surface area contributed by atoms with Gasteiger partial charge in [0.1, 0.15) is 11.4 Å². The van der Waals surface area contributed by atoms with Crippen LogP contribution in [0.2, 0.25) is 0 Å². The second-order valence-electron chi connectivity index (χ2n) is 6.55. The molecule has 4 heteroatoms. The highest BCUT2D eigenvalue weighted by atomic mass is 16.5. The van der Waals surface area contributed by atoms with E-state index in [4.69, 9.17) is 4.74 Å². The highest BCUT2D eigenvalue weighted by Gasteiger charge is 2.70. The lowest BCUT2D eigenvalue weighted by Gasteiger charge is -2.37. The van der Waals surface area contributed by atoms with Gasteiger partial charge >= 0.3 is 0 Å². The fourth-order valence-electron chi connectivity index (χ4n) is 4.41. The summed E-state index contributed by atoms with van der Waals surface area (Å²) in [5.41, 5.74) is 0.205. The lowest BCUT2D eigenvalue weighted by Crippen LogP contribution is -2.44. The number of ketones is 1. The number of para-hydroxylation sites is 1. The predicted molar refractivity (Wildman–Crippen MR) is 81.7 cm³/mol. The highest BCUT2D eigenvalue weighted by molar-refractivity contribution is 6.00. The minimum Gasteiger partial charge on any atom is -0.486 e. The molecule has 4 atom stereocenters. The van der Waals surface area contributed by atoms with E-state index in [0.717, 1.165) is 12.8 Å². The number of carbonyl (C=O) groups is 2. The largest absolute Gasteiger partial charge is 0.486 e. The van der Waals surface area contributed by atoms with Crippen molar-refractivity contribution in [3.63, 3.8) is 0 Å². The maximum absolute atomic E-state index is 12.5. The van der Waals surface area contributed by atoms with Crippen molar-refractivity contribution < 1.29 is 14.3 Å². The van der Waals surface area contributed by atoms with Crippen LogP contribution in [0.3, 0.4) is 0 Å². The van der Waals surface area contributed by atoms with Crippen molar-refractivity contribution in [1.29, 1.82) is 0 Å². The third kappa shape index (κ3) is 1.83. The van der Waals surface area contributed by atoms with Crippen molar-refractivity contribution in [2.24, 2.45) is 17.8 Å². The van der Waals surface area contributed by atoms with E-state index in [0.29, 0.717) is 30.2 Å². The summed E-state index contributed by atoms with van der Waals surface area (Å²) in [6, 6.07) is 7.42. The normalized spacial score (nSPS) is 34.5. The van der Waals surface area contributed by atoms with Crippen molar-refractivity contribution in [3.8, 4) is 5.75 Å². The molecule has 0 unspecified atom stereocenters. The Balaban J connectivity index is 1.58. The minimum absolute atomic E-state index is 0.00763. The Bertz CT molecular complexity index is 668. The lowest BCUT2D eigenvalue weighted by molar-refractivity contribution is -0.123. The van der Waals surface area contributed by atoms with Crippen LogP contribution < -0.4 is 10.1 Å². The van der Waals surface area contributed by atoms with E-state index in [-0.39, 0.29) is 23.5 Å². The summed E-state index contributed by atoms with van der Waals surface area (Å²) in [7, 11) is 0. The Labute approximate surface area is 129 Å². The molecule has 1 heterocycles. The van der Waals surface area contributed by atoms with E-state index in [1.807, 2.05) is 24.3 Å². The fourth-order valence-corrected chi connectivity index (χ4v) is 4.41. The van der Waals surface area contributed by atoms with Crippen molar-refractivity contribution in [3.05, 3.63) is 42.5 Å². The van der Waals surface area contributed by atoms with Gasteiger partial charge < -0.3 is 10.1 Å². The molecular weight excluding hydrogens is 278 g/mol. The number of carbonyl (C=O) groups excluding carboxylic acids is 2. The van der Waals surface area contributed by atoms with E-state index in [1.165, 1.54) is 0 Å². The van der Waals surface area contributed by atoms with Gasteiger partial charge in [-0.3, -0.25) is 9.59 Å². The van der Waals surface area contributed by atoms with Gasteiger partial charge in [0.2, 0.25) is 5.91 Å². The predicted octanol–water partition coefficient (Wildman–Crippen LogP) is 2.35. The summed E-state index contributed by atoms with van der Waals surface area (Å²) in [5, 5.41) is 2.88. The van der Waals surface area contributed by atoms with Crippen LogP contribution in [0.4, 0.5) is 0 Å². The van der Waals surface area contributed by atoms with Crippen LogP contribution >= 0.6 is 0 Å². The smallest absolute Gasteiger partial charge is 0.224 e. The SMILES string of the molecule is C=CCNC(=O)[C@@H]1[C@H]2CC[C@@]3(CC(=O)c4ccccc4O3)[C@@H]21. The summed E-state index contributed by atoms with van der Waals surface area (Å²) in [6.45, 7) is 4.11. The van der Waals surface area contributed by atoms with Crippen LogP contribution in [-0.4, -0.2) is 23.8 Å². The molecule has 22 heavy (non-hydrogen) atoms. The third-order valence-electron chi connectivity index (χ3n) is 5.36. The molecule has 4 rings (SSSR count). The number of hydrogen-bond donors (Lipinski definition) is 1. The molecule has 0 aromatic heterocycles. The summed E-state index contributed by atoms with van der Waals surface area (Å²) < 4.78 is 6.27. The Morgan fingerprint density at radius 1 is 1.45 bits per heavy atom. The molecular formula is C18H19NO3. The maximum Gasteiger partial charge on any atom is 0.224 e. The number of rotatable bonds is 3. The molecule has 0 bridgehead atoms. The van der Waals surface area contributed by atoms with E-state index >= 15 is 0 Å². The number of amides is 1. The zero-order valence-corrected chi connectivity index (χ0v) is 12.4. The standard InChI is InChI=1S/C18H19NO3/c1-2-9-19-17(21)15-12-7-8-18(16(12)15)10-13(20)11-5-3-4-6-14(11)22-18/h2-6,12,15-16H,1,7-10H2,(H,19,21)/t12-,15-,16+,18-/m1/s1. The van der Waals surface area contributed by atoms with Crippen LogP contribution in [0.1, 0.15) is 29.6 Å². The van der Waals surface area contributed by atoms with Gasteiger partial charge in [-0.2, -0.15) is 0 Å². The number of Topliss-reactive ketones (excluding diaryl/α,β-unsaturated/α-hetero) is 1. The average molecular weight is 297 g/mol. The number of benzene rings is 1. The molecule has 1 aromatic carbocycles. The molecule has 3 aliphatic rings. The quantitative estimate of drug-likeness (QED) is 0.871. The molecule has 0 radical (unpaired) electrons. The third-order valence-corrected chi connectivity index (χ3v) is 5.36. The first kappa shape index (κ1) is 13.6. The van der Waals surface area contributed by atoms with E-state index in [2.05, 4.69) is 11.9 Å². The fraction of sp³-hybridized carbons (Fsp3) is 0.444. The van der Waals surface area contributed by atoms with Crippen LogP contribution in [0.15, 0.2) is 36.9 Å². The molecule has 1 aliphatic heterocycles. The first-order valence-corrected chi connectivity index (χ1v) is 7.86.